The zero-order valence-corrected chi connectivity index (χ0v) is 32.6. The zero-order chi connectivity index (χ0) is 39.4. The lowest BCUT2D eigenvalue weighted by Crippen LogP contribution is -2.54. The number of rotatable bonds is 9. The fourth-order valence-electron chi connectivity index (χ4n) is 9.73. The van der Waals surface area contributed by atoms with Crippen molar-refractivity contribution < 1.29 is 24.0 Å². The lowest BCUT2D eigenvalue weighted by molar-refractivity contribution is -0.136. The predicted molar refractivity (Wildman–Crippen MR) is 214 cm³/mol. The molecule has 12 nitrogen and oxygen atoms in total. The number of amides is 5. The van der Waals surface area contributed by atoms with Crippen LogP contribution in [0.3, 0.4) is 0 Å². The largest absolute Gasteiger partial charge is 0.372 e. The first-order valence-electron chi connectivity index (χ1n) is 20.4. The third-order valence-electron chi connectivity index (χ3n) is 12.9. The van der Waals surface area contributed by atoms with E-state index in [1.165, 1.54) is 12.8 Å². The Balaban J connectivity index is 0.732. The number of carbonyl (C=O) groups excluding carboxylic acids is 5. The molecule has 4 fully saturated rings. The second kappa shape index (κ2) is 15.3. The van der Waals surface area contributed by atoms with Crippen LogP contribution in [-0.4, -0.2) is 83.1 Å². The summed E-state index contributed by atoms with van der Waals surface area (Å²) in [6.07, 6.45) is 8.52. The number of nitrogens with zero attached hydrogens (tertiary/aromatic N) is 5. The molecular weight excluding hydrogens is 742 g/mol. The van der Waals surface area contributed by atoms with Crippen LogP contribution in [0.25, 0.3) is 0 Å². The van der Waals surface area contributed by atoms with Gasteiger partial charge in [-0.2, -0.15) is 5.26 Å². The standard InChI is InChI=1S/C44H46ClN7O5/c45-38-21-35(8-3-28(38)22-46)51(34-11-12-34)33-9-4-31(5-10-33)47-41(54)27-1-6-32(7-2-27)50-17-15-26(16-18-50)23-49-24-29-19-36-37(20-30(29)25-49)44(57)52(43(36)56)39-13-14-40(53)48-42(39)55/h1-3,6-8,19-21,26,31,33-34,39H,4-5,9-18,23-25H2,(H,47,54)(H,48,53,55)/t31-,33-,39?. The number of halogens is 1. The Kier molecular flexibility index (Phi) is 9.99. The molecule has 3 aromatic carbocycles. The SMILES string of the molecule is N#Cc1ccc(N(C2CC2)[C@H]2CC[C@H](NC(=O)c3ccc(N4CCC(CN5Cc6cc7c(cc6C5)C(=O)N(C5CCC(=O)NC5=O)C7=O)CC4)cc3)CC2)cc1Cl. The van der Waals surface area contributed by atoms with E-state index in [0.29, 0.717) is 58.4 Å². The highest BCUT2D eigenvalue weighted by Gasteiger charge is 2.45. The van der Waals surface area contributed by atoms with Gasteiger partial charge in [-0.1, -0.05) is 11.6 Å². The van der Waals surface area contributed by atoms with Crippen LogP contribution in [0.1, 0.15) is 112 Å². The van der Waals surface area contributed by atoms with Gasteiger partial charge in [0, 0.05) is 74.2 Å². The summed E-state index contributed by atoms with van der Waals surface area (Å²) in [7, 11) is 0. The number of fused-ring (bicyclic) bond motifs is 2. The number of imide groups is 2. The van der Waals surface area contributed by atoms with Gasteiger partial charge in [0.05, 0.1) is 21.7 Å². The van der Waals surface area contributed by atoms with Crippen LogP contribution in [-0.2, 0) is 22.7 Å². The molecule has 2 aliphatic carbocycles. The van der Waals surface area contributed by atoms with Gasteiger partial charge in [-0.05, 0) is 129 Å². The van der Waals surface area contributed by atoms with E-state index in [-0.39, 0.29) is 30.7 Å². The topological polar surface area (TPSA) is 146 Å². The van der Waals surface area contributed by atoms with E-state index in [9.17, 15) is 29.2 Å². The van der Waals surface area contributed by atoms with Gasteiger partial charge in [-0.3, -0.25) is 39.1 Å². The van der Waals surface area contributed by atoms with Gasteiger partial charge < -0.3 is 15.1 Å². The molecule has 0 spiro atoms. The molecule has 2 saturated heterocycles. The molecule has 0 aromatic heterocycles. The molecular formula is C44H46ClN7O5. The third kappa shape index (κ3) is 7.39. The lowest BCUT2D eigenvalue weighted by Gasteiger charge is -2.39. The molecule has 2 N–H and O–H groups in total. The number of nitrogens with one attached hydrogen (secondary N) is 2. The zero-order valence-electron chi connectivity index (χ0n) is 31.8. The molecule has 6 aliphatic rings. The second-order valence-electron chi connectivity index (χ2n) is 16.7. The quantitative estimate of drug-likeness (QED) is 0.267. The Morgan fingerprint density at radius 1 is 0.825 bits per heavy atom. The number of anilines is 2. The summed E-state index contributed by atoms with van der Waals surface area (Å²) in [5, 5.41) is 15.3. The van der Waals surface area contributed by atoms with E-state index in [2.05, 4.69) is 43.5 Å². The molecule has 3 aromatic rings. The summed E-state index contributed by atoms with van der Waals surface area (Å²) in [6, 6.07) is 19.6. The fraction of sp³-hybridized carbons (Fsp3) is 0.455. The van der Waals surface area contributed by atoms with Crippen molar-refractivity contribution in [3.8, 4) is 6.07 Å². The third-order valence-corrected chi connectivity index (χ3v) is 13.2. The van der Waals surface area contributed by atoms with Crippen LogP contribution < -0.4 is 20.4 Å². The van der Waals surface area contributed by atoms with Crippen molar-refractivity contribution in [1.29, 1.82) is 5.26 Å². The second-order valence-corrected chi connectivity index (χ2v) is 17.1. The van der Waals surface area contributed by atoms with Gasteiger partial charge in [0.2, 0.25) is 11.8 Å². The van der Waals surface area contributed by atoms with Crippen molar-refractivity contribution in [2.75, 3.05) is 29.4 Å². The maximum atomic E-state index is 13.3. The maximum Gasteiger partial charge on any atom is 0.262 e. The minimum absolute atomic E-state index is 0.0288. The van der Waals surface area contributed by atoms with Crippen LogP contribution in [0.4, 0.5) is 11.4 Å². The number of hydrogen-bond donors (Lipinski definition) is 2. The normalized spacial score (nSPS) is 23.9. The van der Waals surface area contributed by atoms with Crippen molar-refractivity contribution in [3.63, 3.8) is 0 Å². The molecule has 0 radical (unpaired) electrons. The van der Waals surface area contributed by atoms with Crippen molar-refractivity contribution in [2.24, 2.45) is 5.92 Å². The minimum Gasteiger partial charge on any atom is -0.372 e. The molecule has 4 aliphatic heterocycles. The van der Waals surface area contributed by atoms with Crippen LogP contribution in [0.15, 0.2) is 54.6 Å². The molecule has 5 amide bonds. The van der Waals surface area contributed by atoms with Crippen molar-refractivity contribution in [3.05, 3.63) is 93.0 Å². The molecule has 294 valence electrons. The molecule has 0 bridgehead atoms. The Labute approximate surface area is 337 Å². The predicted octanol–water partition coefficient (Wildman–Crippen LogP) is 5.56. The highest BCUT2D eigenvalue weighted by molar-refractivity contribution is 6.32. The van der Waals surface area contributed by atoms with E-state index in [1.54, 1.807) is 0 Å². The van der Waals surface area contributed by atoms with Crippen LogP contribution in [0.2, 0.25) is 5.02 Å². The summed E-state index contributed by atoms with van der Waals surface area (Å²) in [5.74, 6) is -1.42. The minimum atomic E-state index is -0.959. The average Bonchev–Trinajstić information content (AvgIpc) is 3.92. The number of nitriles is 1. The Bertz CT molecular complexity index is 2140. The van der Waals surface area contributed by atoms with Crippen LogP contribution in [0, 0.1) is 17.2 Å². The molecule has 9 rings (SSSR count). The smallest absolute Gasteiger partial charge is 0.262 e. The van der Waals surface area contributed by atoms with Gasteiger partial charge >= 0.3 is 0 Å². The average molecular weight is 788 g/mol. The molecule has 1 atom stereocenters. The fourth-order valence-corrected chi connectivity index (χ4v) is 9.94. The van der Waals surface area contributed by atoms with E-state index < -0.39 is 23.8 Å². The van der Waals surface area contributed by atoms with Crippen LogP contribution in [0.5, 0.6) is 0 Å². The van der Waals surface area contributed by atoms with Crippen molar-refractivity contribution >= 4 is 52.5 Å². The van der Waals surface area contributed by atoms with Gasteiger partial charge in [-0.25, -0.2) is 0 Å². The van der Waals surface area contributed by atoms with Gasteiger partial charge in [0.1, 0.15) is 12.1 Å². The van der Waals surface area contributed by atoms with Crippen LogP contribution >= 0.6 is 11.6 Å². The molecule has 4 heterocycles. The first kappa shape index (κ1) is 37.3. The Hall–Kier alpha value is -5.25. The summed E-state index contributed by atoms with van der Waals surface area (Å²) in [6.45, 7) is 4.21. The molecule has 1 unspecified atom stereocenters. The van der Waals surface area contributed by atoms with Gasteiger partial charge in [0.15, 0.2) is 0 Å². The van der Waals surface area contributed by atoms with E-state index >= 15 is 0 Å². The number of piperidine rings is 2. The molecule has 13 heteroatoms. The first-order valence-corrected chi connectivity index (χ1v) is 20.7. The van der Waals surface area contributed by atoms with E-state index in [4.69, 9.17) is 11.6 Å². The highest BCUT2D eigenvalue weighted by Crippen LogP contribution is 2.39. The van der Waals surface area contributed by atoms with Crippen molar-refractivity contribution in [2.45, 2.75) is 101 Å². The molecule has 57 heavy (non-hydrogen) atoms. The van der Waals surface area contributed by atoms with Gasteiger partial charge in [0.25, 0.3) is 17.7 Å². The monoisotopic (exact) mass is 787 g/mol. The highest BCUT2D eigenvalue weighted by atomic mass is 35.5. The summed E-state index contributed by atoms with van der Waals surface area (Å²) < 4.78 is 0. The Morgan fingerprint density at radius 2 is 1.46 bits per heavy atom. The van der Waals surface area contributed by atoms with E-state index in [1.807, 2.05) is 42.5 Å². The molecule has 2 saturated carbocycles. The summed E-state index contributed by atoms with van der Waals surface area (Å²) in [5.41, 5.74) is 6.15. The van der Waals surface area contributed by atoms with Gasteiger partial charge in [-0.15, -0.1) is 0 Å². The lowest BCUT2D eigenvalue weighted by atomic mass is 9.89. The Morgan fingerprint density at radius 3 is 2.04 bits per heavy atom. The van der Waals surface area contributed by atoms with Crippen molar-refractivity contribution in [1.82, 2.24) is 20.4 Å². The number of hydrogen-bond acceptors (Lipinski definition) is 9. The number of benzene rings is 3. The summed E-state index contributed by atoms with van der Waals surface area (Å²) >= 11 is 6.39. The first-order chi connectivity index (χ1) is 27.6. The summed E-state index contributed by atoms with van der Waals surface area (Å²) in [4.78, 5) is 72.3. The van der Waals surface area contributed by atoms with E-state index in [0.717, 1.165) is 85.6 Å². The number of carbonyl (C=O) groups is 5. The maximum absolute atomic E-state index is 13.3.